The standard InChI is InChI=1S/C15H20Cl2N2O/c1-4-20-15(2,3)10-19-12-7-5-6-11(17)14(12)18-13(19)8-9-16/h5-7H,4,8-10H2,1-3H3. The molecule has 0 aliphatic heterocycles. The highest BCUT2D eigenvalue weighted by atomic mass is 35.5. The van der Waals surface area contributed by atoms with Crippen molar-refractivity contribution in [3.63, 3.8) is 0 Å². The van der Waals surface area contributed by atoms with E-state index < -0.39 is 0 Å². The van der Waals surface area contributed by atoms with Gasteiger partial charge in [0.05, 0.1) is 22.7 Å². The van der Waals surface area contributed by atoms with Gasteiger partial charge in [-0.3, -0.25) is 0 Å². The summed E-state index contributed by atoms with van der Waals surface area (Å²) < 4.78 is 7.97. The van der Waals surface area contributed by atoms with Crippen molar-refractivity contribution < 1.29 is 4.74 Å². The minimum Gasteiger partial charge on any atom is -0.374 e. The van der Waals surface area contributed by atoms with Crippen LogP contribution in [0.1, 0.15) is 26.6 Å². The minimum atomic E-state index is -0.258. The highest BCUT2D eigenvalue weighted by Crippen LogP contribution is 2.26. The smallest absolute Gasteiger partial charge is 0.111 e. The summed E-state index contributed by atoms with van der Waals surface area (Å²) in [5, 5.41) is 0.672. The molecule has 110 valence electrons. The molecule has 0 saturated carbocycles. The number of hydrogen-bond acceptors (Lipinski definition) is 2. The summed E-state index contributed by atoms with van der Waals surface area (Å²) >= 11 is 12.1. The van der Waals surface area contributed by atoms with E-state index in [2.05, 4.69) is 23.4 Å². The molecule has 1 heterocycles. The first-order valence-electron chi connectivity index (χ1n) is 6.82. The van der Waals surface area contributed by atoms with Crippen LogP contribution in [0.25, 0.3) is 11.0 Å². The second kappa shape index (κ2) is 6.33. The van der Waals surface area contributed by atoms with Gasteiger partial charge >= 0.3 is 0 Å². The predicted octanol–water partition coefficient (Wildman–Crippen LogP) is 4.29. The summed E-state index contributed by atoms with van der Waals surface area (Å²) in [6.45, 7) is 7.58. The monoisotopic (exact) mass is 314 g/mol. The van der Waals surface area contributed by atoms with Crippen LogP contribution in [0.4, 0.5) is 0 Å². The van der Waals surface area contributed by atoms with E-state index >= 15 is 0 Å². The Kier molecular flexibility index (Phi) is 4.95. The molecule has 2 rings (SSSR count). The number of para-hydroxylation sites is 1. The zero-order valence-electron chi connectivity index (χ0n) is 12.1. The van der Waals surface area contributed by atoms with Gasteiger partial charge in [-0.25, -0.2) is 4.98 Å². The maximum atomic E-state index is 6.23. The summed E-state index contributed by atoms with van der Waals surface area (Å²) in [5.74, 6) is 1.49. The van der Waals surface area contributed by atoms with E-state index in [1.54, 1.807) is 0 Å². The Balaban J connectivity index is 2.49. The zero-order chi connectivity index (χ0) is 14.8. The number of ether oxygens (including phenoxy) is 1. The van der Waals surface area contributed by atoms with E-state index in [9.17, 15) is 0 Å². The Morgan fingerprint density at radius 1 is 1.35 bits per heavy atom. The van der Waals surface area contributed by atoms with Crippen LogP contribution in [0.3, 0.4) is 0 Å². The lowest BCUT2D eigenvalue weighted by Gasteiger charge is -2.26. The predicted molar refractivity (Wildman–Crippen MR) is 84.9 cm³/mol. The molecule has 0 radical (unpaired) electrons. The maximum Gasteiger partial charge on any atom is 0.111 e. The van der Waals surface area contributed by atoms with E-state index in [0.29, 0.717) is 17.5 Å². The van der Waals surface area contributed by atoms with E-state index in [0.717, 1.165) is 29.8 Å². The van der Waals surface area contributed by atoms with Gasteiger partial charge in [0.15, 0.2) is 0 Å². The van der Waals surface area contributed by atoms with Crippen LogP contribution in [0.15, 0.2) is 18.2 Å². The summed E-state index contributed by atoms with van der Waals surface area (Å²) in [6, 6.07) is 5.84. The van der Waals surface area contributed by atoms with E-state index in [1.807, 2.05) is 25.1 Å². The second-order valence-electron chi connectivity index (χ2n) is 5.35. The van der Waals surface area contributed by atoms with Crippen molar-refractivity contribution in [1.29, 1.82) is 0 Å². The molecule has 0 unspecified atom stereocenters. The van der Waals surface area contributed by atoms with Crippen molar-refractivity contribution in [2.75, 3.05) is 12.5 Å². The van der Waals surface area contributed by atoms with E-state index in [1.165, 1.54) is 0 Å². The maximum absolute atomic E-state index is 6.23. The molecule has 0 atom stereocenters. The van der Waals surface area contributed by atoms with Crippen LogP contribution in [-0.4, -0.2) is 27.6 Å². The molecule has 5 heteroatoms. The van der Waals surface area contributed by atoms with Crippen LogP contribution >= 0.6 is 23.2 Å². The van der Waals surface area contributed by atoms with Crippen LogP contribution in [0, 0.1) is 0 Å². The number of alkyl halides is 1. The molecule has 1 aromatic carbocycles. The van der Waals surface area contributed by atoms with Gasteiger partial charge in [-0.15, -0.1) is 11.6 Å². The van der Waals surface area contributed by atoms with Crippen molar-refractivity contribution in [3.8, 4) is 0 Å². The molecular formula is C15H20Cl2N2O. The number of imidazole rings is 1. The van der Waals surface area contributed by atoms with Crippen LogP contribution in [0.5, 0.6) is 0 Å². The van der Waals surface area contributed by atoms with Gasteiger partial charge in [-0.1, -0.05) is 17.7 Å². The summed E-state index contributed by atoms with van der Waals surface area (Å²) in [7, 11) is 0. The quantitative estimate of drug-likeness (QED) is 0.744. The highest BCUT2D eigenvalue weighted by Gasteiger charge is 2.22. The van der Waals surface area contributed by atoms with Crippen LogP contribution in [0.2, 0.25) is 5.02 Å². The molecule has 2 aromatic rings. The number of halogens is 2. The molecular weight excluding hydrogens is 295 g/mol. The van der Waals surface area contributed by atoms with Gasteiger partial charge in [0.1, 0.15) is 11.3 Å². The number of hydrogen-bond donors (Lipinski definition) is 0. The Bertz CT molecular complexity index is 593. The topological polar surface area (TPSA) is 27.1 Å². The molecule has 0 N–H and O–H groups in total. The van der Waals surface area contributed by atoms with E-state index in [-0.39, 0.29) is 5.60 Å². The molecule has 1 aromatic heterocycles. The molecule has 0 fully saturated rings. The molecule has 0 bridgehead atoms. The van der Waals surface area contributed by atoms with Crippen LogP contribution < -0.4 is 0 Å². The number of aryl methyl sites for hydroxylation is 1. The fraction of sp³-hybridized carbons (Fsp3) is 0.533. The molecule has 0 aliphatic carbocycles. The number of rotatable bonds is 6. The molecule has 0 spiro atoms. The second-order valence-corrected chi connectivity index (χ2v) is 6.14. The molecule has 0 aliphatic rings. The third-order valence-electron chi connectivity index (χ3n) is 3.20. The van der Waals surface area contributed by atoms with Crippen molar-refractivity contribution in [2.45, 2.75) is 39.3 Å². The van der Waals surface area contributed by atoms with Crippen molar-refractivity contribution in [1.82, 2.24) is 9.55 Å². The third kappa shape index (κ3) is 3.27. The molecule has 3 nitrogen and oxygen atoms in total. The minimum absolute atomic E-state index is 0.258. The first kappa shape index (κ1) is 15.6. The van der Waals surface area contributed by atoms with Gasteiger partial charge in [0.25, 0.3) is 0 Å². The highest BCUT2D eigenvalue weighted by molar-refractivity contribution is 6.34. The first-order chi connectivity index (χ1) is 9.48. The first-order valence-corrected chi connectivity index (χ1v) is 7.73. The van der Waals surface area contributed by atoms with Crippen molar-refractivity contribution in [3.05, 3.63) is 29.0 Å². The molecule has 0 saturated heterocycles. The third-order valence-corrected chi connectivity index (χ3v) is 3.69. The molecule has 20 heavy (non-hydrogen) atoms. The summed E-state index contributed by atoms with van der Waals surface area (Å²) in [4.78, 5) is 4.64. The average Bonchev–Trinajstić information content (AvgIpc) is 2.69. The lowest BCUT2D eigenvalue weighted by molar-refractivity contribution is -0.0221. The Morgan fingerprint density at radius 3 is 2.75 bits per heavy atom. The summed E-state index contributed by atoms with van der Waals surface area (Å²) in [5.41, 5.74) is 1.61. The van der Waals surface area contributed by atoms with Gasteiger partial charge in [0.2, 0.25) is 0 Å². The number of benzene rings is 1. The number of fused-ring (bicyclic) bond motifs is 1. The number of nitrogens with zero attached hydrogens (tertiary/aromatic N) is 2. The van der Waals surface area contributed by atoms with Crippen molar-refractivity contribution >= 4 is 34.2 Å². The van der Waals surface area contributed by atoms with Crippen LogP contribution in [-0.2, 0) is 17.7 Å². The Morgan fingerprint density at radius 2 is 2.10 bits per heavy atom. The largest absolute Gasteiger partial charge is 0.374 e. The average molecular weight is 315 g/mol. The van der Waals surface area contributed by atoms with Gasteiger partial charge in [0, 0.05) is 18.9 Å². The van der Waals surface area contributed by atoms with E-state index in [4.69, 9.17) is 27.9 Å². The number of aromatic nitrogens is 2. The SMILES string of the molecule is CCOC(C)(C)Cn1c(CCCl)nc2c(Cl)cccc21. The lowest BCUT2D eigenvalue weighted by Crippen LogP contribution is -2.31. The normalized spacial score (nSPS) is 12.2. The fourth-order valence-electron chi connectivity index (χ4n) is 2.43. The Labute approximate surface area is 129 Å². The Hall–Kier alpha value is -0.770. The molecule has 0 amide bonds. The lowest BCUT2D eigenvalue weighted by atomic mass is 10.1. The summed E-state index contributed by atoms with van der Waals surface area (Å²) in [6.07, 6.45) is 0.717. The van der Waals surface area contributed by atoms with Gasteiger partial charge in [-0.05, 0) is 32.9 Å². The zero-order valence-corrected chi connectivity index (χ0v) is 13.6. The fourth-order valence-corrected chi connectivity index (χ4v) is 2.81. The van der Waals surface area contributed by atoms with Gasteiger partial charge < -0.3 is 9.30 Å². The van der Waals surface area contributed by atoms with Crippen molar-refractivity contribution in [2.24, 2.45) is 0 Å². The van der Waals surface area contributed by atoms with Gasteiger partial charge in [-0.2, -0.15) is 0 Å².